The van der Waals surface area contributed by atoms with Gasteiger partial charge >= 0.3 is 0 Å². The molecule has 0 saturated heterocycles. The van der Waals surface area contributed by atoms with Crippen LogP contribution in [0, 0.1) is 11.8 Å². The van der Waals surface area contributed by atoms with Gasteiger partial charge in [0, 0.05) is 5.25 Å². The fourth-order valence-corrected chi connectivity index (χ4v) is 3.27. The van der Waals surface area contributed by atoms with Crippen molar-refractivity contribution in [3.63, 3.8) is 0 Å². The minimum atomic E-state index is 0.412. The summed E-state index contributed by atoms with van der Waals surface area (Å²) in [6, 6.07) is 0. The van der Waals surface area contributed by atoms with Crippen molar-refractivity contribution in [1.29, 1.82) is 0 Å². The first-order valence-electron chi connectivity index (χ1n) is 5.49. The summed E-state index contributed by atoms with van der Waals surface area (Å²) < 4.78 is 0. The van der Waals surface area contributed by atoms with E-state index in [2.05, 4.69) is 29.0 Å². The highest BCUT2D eigenvalue weighted by Gasteiger charge is 2.25. The van der Waals surface area contributed by atoms with E-state index in [0.29, 0.717) is 11.2 Å². The first-order valence-corrected chi connectivity index (χ1v) is 6.37. The minimum absolute atomic E-state index is 0.412. The predicted molar refractivity (Wildman–Crippen MR) is 62.6 cm³/mol. The molecule has 1 fully saturated rings. The van der Waals surface area contributed by atoms with Crippen LogP contribution in [-0.4, -0.2) is 20.4 Å². The zero-order valence-corrected chi connectivity index (χ0v) is 10.0. The van der Waals surface area contributed by atoms with Crippen molar-refractivity contribution in [2.45, 2.75) is 43.5 Å². The lowest BCUT2D eigenvalue weighted by molar-refractivity contribution is 0.283. The van der Waals surface area contributed by atoms with Gasteiger partial charge in [-0.25, -0.2) is 5.10 Å². The van der Waals surface area contributed by atoms with E-state index < -0.39 is 0 Å². The number of nitrogens with one attached hydrogen (secondary N) is 1. The van der Waals surface area contributed by atoms with Crippen molar-refractivity contribution in [3.05, 3.63) is 0 Å². The normalized spacial score (nSPS) is 31.7. The Morgan fingerprint density at radius 1 is 1.33 bits per heavy atom. The largest absolute Gasteiger partial charge is 0.368 e. The summed E-state index contributed by atoms with van der Waals surface area (Å²) in [5.74, 6) is 2.08. The maximum Gasteiger partial charge on any atom is 0.216 e. The van der Waals surface area contributed by atoms with Crippen LogP contribution in [-0.2, 0) is 0 Å². The molecular formula is C10H18N4S. The molecule has 0 bridgehead atoms. The highest BCUT2D eigenvalue weighted by molar-refractivity contribution is 7.99. The Labute approximate surface area is 94.4 Å². The van der Waals surface area contributed by atoms with E-state index >= 15 is 0 Å². The molecule has 0 aliphatic heterocycles. The number of hydrogen-bond donors (Lipinski definition) is 2. The number of rotatable bonds is 2. The van der Waals surface area contributed by atoms with Crippen LogP contribution < -0.4 is 5.73 Å². The van der Waals surface area contributed by atoms with Crippen molar-refractivity contribution in [2.75, 3.05) is 5.73 Å². The van der Waals surface area contributed by atoms with Crippen molar-refractivity contribution in [2.24, 2.45) is 11.8 Å². The van der Waals surface area contributed by atoms with Gasteiger partial charge in [-0.2, -0.15) is 4.98 Å². The molecular weight excluding hydrogens is 208 g/mol. The lowest BCUT2D eigenvalue weighted by Gasteiger charge is -2.30. The Hall–Kier alpha value is -0.710. The highest BCUT2D eigenvalue weighted by Crippen LogP contribution is 2.37. The summed E-state index contributed by atoms with van der Waals surface area (Å²) in [6.45, 7) is 4.68. The van der Waals surface area contributed by atoms with Gasteiger partial charge in [-0.15, -0.1) is 5.10 Å². The maximum atomic E-state index is 5.49. The average molecular weight is 226 g/mol. The summed E-state index contributed by atoms with van der Waals surface area (Å²) in [5.41, 5.74) is 5.49. The molecule has 5 heteroatoms. The molecule has 1 heterocycles. The standard InChI is InChI=1S/C10H18N4S/c1-6-3-4-8(5-7(6)2)15-10-12-9(11)13-14-10/h6-8H,3-5H2,1-2H3,(H3,11,12,13,14). The topological polar surface area (TPSA) is 67.6 Å². The lowest BCUT2D eigenvalue weighted by Crippen LogP contribution is -2.22. The first-order chi connectivity index (χ1) is 7.15. The smallest absolute Gasteiger partial charge is 0.216 e. The van der Waals surface area contributed by atoms with Crippen LogP contribution in [0.15, 0.2) is 5.16 Å². The van der Waals surface area contributed by atoms with Gasteiger partial charge in [-0.3, -0.25) is 0 Å². The van der Waals surface area contributed by atoms with Gasteiger partial charge in [-0.05, 0) is 31.1 Å². The Morgan fingerprint density at radius 2 is 2.13 bits per heavy atom. The third-order valence-electron chi connectivity index (χ3n) is 3.30. The molecule has 0 amide bonds. The molecule has 84 valence electrons. The van der Waals surface area contributed by atoms with Crippen LogP contribution >= 0.6 is 11.8 Å². The summed E-state index contributed by atoms with van der Waals surface area (Å²) in [6.07, 6.45) is 3.85. The van der Waals surface area contributed by atoms with Gasteiger partial charge in [0.25, 0.3) is 0 Å². The molecule has 3 unspecified atom stereocenters. The summed E-state index contributed by atoms with van der Waals surface area (Å²) in [7, 11) is 0. The number of aromatic amines is 1. The molecule has 0 aromatic carbocycles. The van der Waals surface area contributed by atoms with Crippen molar-refractivity contribution in [1.82, 2.24) is 15.2 Å². The number of nitrogen functional groups attached to an aromatic ring is 1. The van der Waals surface area contributed by atoms with Crippen molar-refractivity contribution in [3.8, 4) is 0 Å². The SMILES string of the molecule is CC1CCC(Sc2n[nH]c(N)n2)CC1C. The molecule has 2 rings (SSSR count). The molecule has 0 radical (unpaired) electrons. The third kappa shape index (κ3) is 2.65. The van der Waals surface area contributed by atoms with Gasteiger partial charge in [0.1, 0.15) is 0 Å². The number of thioether (sulfide) groups is 1. The van der Waals surface area contributed by atoms with Crippen LogP contribution in [0.1, 0.15) is 33.1 Å². The van der Waals surface area contributed by atoms with Gasteiger partial charge in [-0.1, -0.05) is 25.6 Å². The molecule has 0 spiro atoms. The predicted octanol–water partition coefficient (Wildman–Crippen LogP) is 2.30. The summed E-state index contributed by atoms with van der Waals surface area (Å²) in [5, 5.41) is 8.18. The molecule has 1 aromatic heterocycles. The highest BCUT2D eigenvalue weighted by atomic mass is 32.2. The molecule has 3 atom stereocenters. The number of nitrogens with two attached hydrogens (primary N) is 1. The van der Waals surface area contributed by atoms with E-state index in [1.807, 2.05) is 0 Å². The maximum absolute atomic E-state index is 5.49. The van der Waals surface area contributed by atoms with Crippen molar-refractivity contribution >= 4 is 17.7 Å². The van der Waals surface area contributed by atoms with E-state index in [0.717, 1.165) is 17.0 Å². The monoisotopic (exact) mass is 226 g/mol. The Kier molecular flexibility index (Phi) is 3.19. The number of H-pyrrole nitrogens is 1. The quantitative estimate of drug-likeness (QED) is 0.812. The van der Waals surface area contributed by atoms with Gasteiger partial charge in [0.05, 0.1) is 0 Å². The second-order valence-electron chi connectivity index (χ2n) is 4.51. The summed E-state index contributed by atoms with van der Waals surface area (Å²) >= 11 is 1.76. The molecule has 1 saturated carbocycles. The number of anilines is 1. The Bertz CT molecular complexity index is 325. The molecule has 4 nitrogen and oxygen atoms in total. The van der Waals surface area contributed by atoms with Gasteiger partial charge in [0.2, 0.25) is 11.1 Å². The van der Waals surface area contributed by atoms with E-state index in [-0.39, 0.29) is 0 Å². The molecule has 1 aliphatic carbocycles. The number of aromatic nitrogens is 3. The zero-order chi connectivity index (χ0) is 10.8. The zero-order valence-electron chi connectivity index (χ0n) is 9.23. The molecule has 3 N–H and O–H groups in total. The number of nitrogens with zero attached hydrogens (tertiary/aromatic N) is 2. The summed E-state index contributed by atoms with van der Waals surface area (Å²) in [4.78, 5) is 4.12. The third-order valence-corrected chi connectivity index (χ3v) is 4.46. The van der Waals surface area contributed by atoms with Crippen LogP contribution in [0.25, 0.3) is 0 Å². The van der Waals surface area contributed by atoms with E-state index in [4.69, 9.17) is 5.73 Å². The average Bonchev–Trinajstić information content (AvgIpc) is 2.58. The Morgan fingerprint density at radius 3 is 2.73 bits per heavy atom. The fraction of sp³-hybridized carbons (Fsp3) is 0.800. The molecule has 1 aliphatic rings. The second-order valence-corrected chi connectivity index (χ2v) is 5.78. The van der Waals surface area contributed by atoms with Gasteiger partial charge in [0.15, 0.2) is 0 Å². The van der Waals surface area contributed by atoms with Crippen LogP contribution in [0.4, 0.5) is 5.95 Å². The second kappa shape index (κ2) is 4.43. The molecule has 1 aromatic rings. The van der Waals surface area contributed by atoms with Crippen molar-refractivity contribution < 1.29 is 0 Å². The van der Waals surface area contributed by atoms with E-state index in [9.17, 15) is 0 Å². The van der Waals surface area contributed by atoms with E-state index in [1.54, 1.807) is 11.8 Å². The Balaban J connectivity index is 1.90. The molecule has 15 heavy (non-hydrogen) atoms. The van der Waals surface area contributed by atoms with Crippen LogP contribution in [0.2, 0.25) is 0 Å². The fourth-order valence-electron chi connectivity index (χ4n) is 2.07. The van der Waals surface area contributed by atoms with Crippen LogP contribution in [0.3, 0.4) is 0 Å². The number of hydrogen-bond acceptors (Lipinski definition) is 4. The first kappa shape index (κ1) is 10.8. The lowest BCUT2D eigenvalue weighted by atomic mass is 9.81. The van der Waals surface area contributed by atoms with Gasteiger partial charge < -0.3 is 5.73 Å². The van der Waals surface area contributed by atoms with Crippen LogP contribution in [0.5, 0.6) is 0 Å². The minimum Gasteiger partial charge on any atom is -0.368 e. The van der Waals surface area contributed by atoms with E-state index in [1.165, 1.54) is 19.3 Å².